The number of rotatable bonds is 3. The number of carboxylic acid groups (broad SMARTS) is 1. The molecule has 100 valence electrons. The average molecular weight is 277 g/mol. The molecule has 0 spiro atoms. The Morgan fingerprint density at radius 3 is 2.95 bits per heavy atom. The van der Waals surface area contributed by atoms with E-state index in [1.54, 1.807) is 18.3 Å². The van der Waals surface area contributed by atoms with E-state index in [2.05, 4.69) is 15.3 Å². The van der Waals surface area contributed by atoms with Crippen molar-refractivity contribution in [1.29, 1.82) is 0 Å². The van der Waals surface area contributed by atoms with Gasteiger partial charge in [0.2, 0.25) is 0 Å². The Labute approximate surface area is 114 Å². The van der Waals surface area contributed by atoms with Crippen LogP contribution in [0.25, 0.3) is 10.2 Å². The molecule has 1 aliphatic carbocycles. The van der Waals surface area contributed by atoms with Gasteiger partial charge in [-0.15, -0.1) is 11.3 Å². The molecular formula is C13H15N3O2S. The number of hydrogen-bond acceptors (Lipinski definition) is 5. The lowest BCUT2D eigenvalue weighted by molar-refractivity contribution is -0.137. The molecule has 1 atom stereocenters. The first-order chi connectivity index (χ1) is 9.06. The molecule has 2 N–H and O–H groups in total. The van der Waals surface area contributed by atoms with E-state index in [9.17, 15) is 4.79 Å². The van der Waals surface area contributed by atoms with Gasteiger partial charge in [0.25, 0.3) is 0 Å². The quantitative estimate of drug-likeness (QED) is 0.901. The molecule has 0 aliphatic heterocycles. The minimum atomic E-state index is -0.878. The molecule has 0 saturated heterocycles. The van der Waals surface area contributed by atoms with Crippen LogP contribution in [0, 0.1) is 6.92 Å². The Hall–Kier alpha value is -1.69. The van der Waals surface area contributed by atoms with Gasteiger partial charge in [-0.2, -0.15) is 0 Å². The molecule has 3 rings (SSSR count). The number of thiophene rings is 1. The molecule has 6 heteroatoms. The fourth-order valence-corrected chi connectivity index (χ4v) is 3.78. The topological polar surface area (TPSA) is 75.1 Å². The van der Waals surface area contributed by atoms with Crippen LogP contribution < -0.4 is 5.32 Å². The molecule has 2 aromatic rings. The summed E-state index contributed by atoms with van der Waals surface area (Å²) in [6, 6.07) is -0.658. The lowest BCUT2D eigenvalue weighted by Gasteiger charge is -2.12. The zero-order valence-electron chi connectivity index (χ0n) is 10.9. The Kier molecular flexibility index (Phi) is 2.89. The molecule has 0 unspecified atom stereocenters. The number of aromatic nitrogens is 2. The van der Waals surface area contributed by atoms with Crippen LogP contribution in [-0.2, 0) is 17.6 Å². The Bertz CT molecular complexity index is 665. The first-order valence-corrected chi connectivity index (χ1v) is 7.16. The van der Waals surface area contributed by atoms with Crippen molar-refractivity contribution in [1.82, 2.24) is 9.97 Å². The van der Waals surface area contributed by atoms with Crippen molar-refractivity contribution < 1.29 is 9.90 Å². The van der Waals surface area contributed by atoms with Gasteiger partial charge in [0.1, 0.15) is 22.5 Å². The molecule has 0 radical (unpaired) electrons. The van der Waals surface area contributed by atoms with Crippen molar-refractivity contribution >= 4 is 33.3 Å². The summed E-state index contributed by atoms with van der Waals surface area (Å²) in [5.74, 6) is 0.459. The van der Waals surface area contributed by atoms with Crippen LogP contribution in [-0.4, -0.2) is 27.1 Å². The van der Waals surface area contributed by atoms with Crippen LogP contribution in [0.2, 0.25) is 0 Å². The highest BCUT2D eigenvalue weighted by Gasteiger charge is 2.23. The smallest absolute Gasteiger partial charge is 0.325 e. The summed E-state index contributed by atoms with van der Waals surface area (Å²) in [5.41, 5.74) is 1.31. The van der Waals surface area contributed by atoms with Crippen LogP contribution in [0.15, 0.2) is 0 Å². The number of nitrogens with one attached hydrogen (secondary N) is 1. The SMILES string of the molecule is Cc1nc(N[C@H](C)C(=O)O)c2c3c(sc2n1)CCC3. The summed E-state index contributed by atoms with van der Waals surface area (Å²) in [6.45, 7) is 3.46. The van der Waals surface area contributed by atoms with E-state index < -0.39 is 12.0 Å². The largest absolute Gasteiger partial charge is 0.480 e. The number of carboxylic acids is 1. The van der Waals surface area contributed by atoms with Crippen molar-refractivity contribution in [2.45, 2.75) is 39.2 Å². The highest BCUT2D eigenvalue weighted by Crippen LogP contribution is 2.39. The maximum absolute atomic E-state index is 11.0. The second-order valence-electron chi connectivity index (χ2n) is 4.86. The minimum absolute atomic E-state index is 0.658. The number of aliphatic carboxylic acids is 1. The van der Waals surface area contributed by atoms with Gasteiger partial charge in [-0.1, -0.05) is 0 Å². The Morgan fingerprint density at radius 1 is 1.42 bits per heavy atom. The van der Waals surface area contributed by atoms with Crippen molar-refractivity contribution in [3.05, 3.63) is 16.3 Å². The third kappa shape index (κ3) is 2.06. The maximum Gasteiger partial charge on any atom is 0.325 e. The van der Waals surface area contributed by atoms with Crippen molar-refractivity contribution in [2.75, 3.05) is 5.32 Å². The van der Waals surface area contributed by atoms with Crippen LogP contribution in [0.3, 0.4) is 0 Å². The highest BCUT2D eigenvalue weighted by molar-refractivity contribution is 7.19. The number of carbonyl (C=O) groups is 1. The zero-order valence-corrected chi connectivity index (χ0v) is 11.7. The van der Waals surface area contributed by atoms with E-state index in [0.29, 0.717) is 11.6 Å². The van der Waals surface area contributed by atoms with Crippen molar-refractivity contribution in [2.24, 2.45) is 0 Å². The van der Waals surface area contributed by atoms with E-state index in [0.717, 1.165) is 23.1 Å². The summed E-state index contributed by atoms with van der Waals surface area (Å²) < 4.78 is 0. The van der Waals surface area contributed by atoms with E-state index in [4.69, 9.17) is 5.11 Å². The fourth-order valence-electron chi connectivity index (χ4n) is 2.47. The normalized spacial score (nSPS) is 15.5. The zero-order chi connectivity index (χ0) is 13.6. The van der Waals surface area contributed by atoms with Crippen LogP contribution >= 0.6 is 11.3 Å². The minimum Gasteiger partial charge on any atom is -0.480 e. The molecule has 0 bridgehead atoms. The number of hydrogen-bond donors (Lipinski definition) is 2. The predicted octanol–water partition coefficient (Wildman–Crippen LogP) is 2.37. The van der Waals surface area contributed by atoms with Gasteiger partial charge in [0.15, 0.2) is 0 Å². The standard InChI is InChI=1S/C13H15N3O2S/c1-6(13(17)18)14-11-10-8-4-3-5-9(8)19-12(10)16-7(2)15-11/h6H,3-5H2,1-2H3,(H,17,18)(H,14,15,16)/t6-/m1/s1. The van der Waals surface area contributed by atoms with Gasteiger partial charge < -0.3 is 10.4 Å². The summed E-state index contributed by atoms with van der Waals surface area (Å²) in [6.07, 6.45) is 3.31. The lowest BCUT2D eigenvalue weighted by Crippen LogP contribution is -2.26. The second-order valence-corrected chi connectivity index (χ2v) is 5.94. The van der Waals surface area contributed by atoms with Crippen molar-refractivity contribution in [3.63, 3.8) is 0 Å². The van der Waals surface area contributed by atoms with E-state index >= 15 is 0 Å². The third-order valence-corrected chi connectivity index (χ3v) is 4.59. The van der Waals surface area contributed by atoms with Gasteiger partial charge in [-0.25, -0.2) is 9.97 Å². The molecule has 19 heavy (non-hydrogen) atoms. The third-order valence-electron chi connectivity index (χ3n) is 3.40. The van der Waals surface area contributed by atoms with E-state index in [1.165, 1.54) is 16.9 Å². The van der Waals surface area contributed by atoms with Crippen LogP contribution in [0.5, 0.6) is 0 Å². The summed E-state index contributed by atoms with van der Waals surface area (Å²) in [5, 5.41) is 13.0. The number of aryl methyl sites for hydroxylation is 3. The molecule has 2 heterocycles. The highest BCUT2D eigenvalue weighted by atomic mass is 32.1. The summed E-state index contributed by atoms with van der Waals surface area (Å²) in [4.78, 5) is 22.2. The summed E-state index contributed by atoms with van der Waals surface area (Å²) >= 11 is 1.71. The number of nitrogens with zero attached hydrogens (tertiary/aromatic N) is 2. The molecule has 5 nitrogen and oxygen atoms in total. The van der Waals surface area contributed by atoms with Gasteiger partial charge in [0, 0.05) is 4.88 Å². The number of fused-ring (bicyclic) bond motifs is 3. The van der Waals surface area contributed by atoms with E-state index in [1.807, 2.05) is 6.92 Å². The monoisotopic (exact) mass is 277 g/mol. The molecule has 1 aliphatic rings. The first-order valence-electron chi connectivity index (χ1n) is 6.34. The van der Waals surface area contributed by atoms with Crippen LogP contribution in [0.1, 0.15) is 29.6 Å². The molecule has 0 saturated carbocycles. The molecule has 2 aromatic heterocycles. The van der Waals surface area contributed by atoms with Gasteiger partial charge in [-0.05, 0) is 38.7 Å². The fraction of sp³-hybridized carbons (Fsp3) is 0.462. The Balaban J connectivity index is 2.14. The first kappa shape index (κ1) is 12.3. The Morgan fingerprint density at radius 2 is 2.21 bits per heavy atom. The predicted molar refractivity (Wildman–Crippen MR) is 74.9 cm³/mol. The average Bonchev–Trinajstić information content (AvgIpc) is 2.87. The van der Waals surface area contributed by atoms with Gasteiger partial charge >= 0.3 is 5.97 Å². The molecular weight excluding hydrogens is 262 g/mol. The number of anilines is 1. The van der Waals surface area contributed by atoms with Crippen LogP contribution in [0.4, 0.5) is 5.82 Å². The van der Waals surface area contributed by atoms with Gasteiger partial charge in [0.05, 0.1) is 5.39 Å². The van der Waals surface area contributed by atoms with Crippen molar-refractivity contribution in [3.8, 4) is 0 Å². The molecule has 0 amide bonds. The van der Waals surface area contributed by atoms with Gasteiger partial charge in [-0.3, -0.25) is 4.79 Å². The molecule has 0 fully saturated rings. The lowest BCUT2D eigenvalue weighted by atomic mass is 10.2. The maximum atomic E-state index is 11.0. The van der Waals surface area contributed by atoms with E-state index in [-0.39, 0.29) is 0 Å². The summed E-state index contributed by atoms with van der Waals surface area (Å²) in [7, 11) is 0. The molecule has 0 aromatic carbocycles. The second kappa shape index (κ2) is 4.45.